The second-order valence-electron chi connectivity index (χ2n) is 7.91. The van der Waals surface area contributed by atoms with Crippen molar-refractivity contribution in [2.45, 2.75) is 50.7 Å². The van der Waals surface area contributed by atoms with E-state index in [0.29, 0.717) is 5.69 Å². The Kier molecular flexibility index (Phi) is 4.80. The first-order valence-corrected chi connectivity index (χ1v) is 8.86. The number of aromatic nitrogens is 2. The van der Waals surface area contributed by atoms with Crippen LogP contribution in [0.4, 0.5) is 13.2 Å². The van der Waals surface area contributed by atoms with Crippen molar-refractivity contribution >= 4 is 10.9 Å². The lowest BCUT2D eigenvalue weighted by molar-refractivity contribution is -0.191. The number of fused-ring (bicyclic) bond motifs is 1. The Balaban J connectivity index is 1.99. The van der Waals surface area contributed by atoms with Crippen molar-refractivity contribution < 1.29 is 13.2 Å². The zero-order valence-corrected chi connectivity index (χ0v) is 15.7. The van der Waals surface area contributed by atoms with Crippen LogP contribution in [0.25, 0.3) is 10.9 Å². The molecule has 3 aromatic rings. The summed E-state index contributed by atoms with van der Waals surface area (Å²) in [5.41, 5.74) is 5.80. The van der Waals surface area contributed by atoms with Gasteiger partial charge in [0, 0.05) is 35.4 Å². The van der Waals surface area contributed by atoms with Gasteiger partial charge in [0.2, 0.25) is 0 Å². The third-order valence-electron chi connectivity index (χ3n) is 5.33. The maximum Gasteiger partial charge on any atom is 0.406 e. The van der Waals surface area contributed by atoms with Gasteiger partial charge in [0.1, 0.15) is 5.54 Å². The molecule has 0 bridgehead atoms. The number of nitrogens with one attached hydrogen (secondary N) is 1. The van der Waals surface area contributed by atoms with Gasteiger partial charge in [-0.05, 0) is 42.0 Å². The van der Waals surface area contributed by atoms with E-state index in [1.807, 2.05) is 31.2 Å². The van der Waals surface area contributed by atoms with E-state index in [-0.39, 0.29) is 12.8 Å². The van der Waals surface area contributed by atoms with Gasteiger partial charge < -0.3 is 10.7 Å². The highest BCUT2D eigenvalue weighted by molar-refractivity contribution is 5.84. The number of hydrogen-bond acceptors (Lipinski definition) is 2. The summed E-state index contributed by atoms with van der Waals surface area (Å²) < 4.78 is 42.2. The van der Waals surface area contributed by atoms with Gasteiger partial charge >= 0.3 is 6.18 Å². The van der Waals surface area contributed by atoms with Crippen LogP contribution in [0, 0.1) is 6.92 Å². The minimum absolute atomic E-state index is 0.246. The molecular formula is C21H24F3N3. The van der Waals surface area contributed by atoms with E-state index in [1.165, 1.54) is 0 Å². The summed E-state index contributed by atoms with van der Waals surface area (Å²) in [6.45, 7) is 5.38. The van der Waals surface area contributed by atoms with Crippen LogP contribution < -0.4 is 5.73 Å². The molecule has 3 N–H and O–H groups in total. The Morgan fingerprint density at radius 1 is 1.07 bits per heavy atom. The Labute approximate surface area is 156 Å². The van der Waals surface area contributed by atoms with Crippen molar-refractivity contribution in [1.29, 1.82) is 0 Å². The molecule has 1 atom stereocenters. The standard InChI is InChI=1S/C21H24F3N3/c1-14-16-8-4-5-9-17(16)27-18(14)11-20(25,21(22,23)24)13-19(2,3)15-7-6-10-26-12-15/h4-10,12,27H,11,13,25H2,1-3H3. The lowest BCUT2D eigenvalue weighted by atomic mass is 9.72. The highest BCUT2D eigenvalue weighted by Crippen LogP contribution is 2.42. The van der Waals surface area contributed by atoms with Crippen molar-refractivity contribution in [3.05, 3.63) is 65.6 Å². The molecule has 3 rings (SSSR count). The number of benzene rings is 1. The third kappa shape index (κ3) is 3.72. The van der Waals surface area contributed by atoms with Gasteiger partial charge in [0.15, 0.2) is 0 Å². The first-order chi connectivity index (χ1) is 12.5. The van der Waals surface area contributed by atoms with Gasteiger partial charge in [-0.2, -0.15) is 13.2 Å². The maximum atomic E-state index is 14.1. The lowest BCUT2D eigenvalue weighted by Gasteiger charge is -2.39. The van der Waals surface area contributed by atoms with E-state index in [9.17, 15) is 13.2 Å². The number of rotatable bonds is 5. The monoisotopic (exact) mass is 375 g/mol. The van der Waals surface area contributed by atoms with Gasteiger partial charge in [0.05, 0.1) is 0 Å². The number of pyridine rings is 1. The second-order valence-corrected chi connectivity index (χ2v) is 7.91. The van der Waals surface area contributed by atoms with E-state index in [0.717, 1.165) is 22.0 Å². The van der Waals surface area contributed by atoms with Crippen LogP contribution in [-0.4, -0.2) is 21.7 Å². The molecule has 0 fully saturated rings. The van der Waals surface area contributed by atoms with E-state index < -0.39 is 17.1 Å². The predicted octanol–water partition coefficient (Wildman–Crippen LogP) is 5.04. The maximum absolute atomic E-state index is 14.1. The summed E-state index contributed by atoms with van der Waals surface area (Å²) in [5.74, 6) is 0. The third-order valence-corrected chi connectivity index (χ3v) is 5.33. The second kappa shape index (κ2) is 6.68. The average Bonchev–Trinajstić information content (AvgIpc) is 2.90. The first-order valence-electron chi connectivity index (χ1n) is 8.86. The number of aromatic amines is 1. The van der Waals surface area contributed by atoms with Crippen LogP contribution in [0.2, 0.25) is 0 Å². The predicted molar refractivity (Wildman–Crippen MR) is 102 cm³/mol. The number of H-pyrrole nitrogens is 1. The zero-order valence-electron chi connectivity index (χ0n) is 15.7. The highest BCUT2D eigenvalue weighted by atomic mass is 19.4. The summed E-state index contributed by atoms with van der Waals surface area (Å²) >= 11 is 0. The molecule has 0 amide bonds. The van der Waals surface area contributed by atoms with Crippen molar-refractivity contribution in [3.8, 4) is 0 Å². The molecule has 0 aliphatic carbocycles. The molecule has 2 heterocycles. The molecule has 1 aromatic carbocycles. The quantitative estimate of drug-likeness (QED) is 0.656. The Bertz CT molecular complexity index is 929. The molecule has 0 saturated heterocycles. The Hall–Kier alpha value is -2.34. The fourth-order valence-electron chi connectivity index (χ4n) is 3.75. The van der Waals surface area contributed by atoms with E-state index in [4.69, 9.17) is 5.73 Å². The molecular weight excluding hydrogens is 351 g/mol. The zero-order chi connectivity index (χ0) is 19.9. The molecule has 3 nitrogen and oxygen atoms in total. The van der Waals surface area contributed by atoms with Crippen LogP contribution in [0.5, 0.6) is 0 Å². The summed E-state index contributed by atoms with van der Waals surface area (Å²) in [7, 11) is 0. The summed E-state index contributed by atoms with van der Waals surface area (Å²) in [4.78, 5) is 7.17. The molecule has 0 radical (unpaired) electrons. The smallest absolute Gasteiger partial charge is 0.358 e. The normalized spacial score (nSPS) is 15.1. The molecule has 0 saturated carbocycles. The molecule has 27 heavy (non-hydrogen) atoms. The summed E-state index contributed by atoms with van der Waals surface area (Å²) in [5, 5.41) is 0.920. The van der Waals surface area contributed by atoms with E-state index >= 15 is 0 Å². The van der Waals surface area contributed by atoms with Crippen LogP contribution >= 0.6 is 0 Å². The number of alkyl halides is 3. The lowest BCUT2D eigenvalue weighted by Crippen LogP contribution is -2.58. The summed E-state index contributed by atoms with van der Waals surface area (Å²) in [6.07, 6.45) is -1.89. The molecule has 1 unspecified atom stereocenters. The fourth-order valence-corrected chi connectivity index (χ4v) is 3.75. The first kappa shape index (κ1) is 19.4. The van der Waals surface area contributed by atoms with Crippen LogP contribution in [-0.2, 0) is 11.8 Å². The molecule has 6 heteroatoms. The van der Waals surface area contributed by atoms with E-state index in [2.05, 4.69) is 9.97 Å². The fraction of sp³-hybridized carbons (Fsp3) is 0.381. The minimum atomic E-state index is -4.55. The SMILES string of the molecule is Cc1c(CC(N)(CC(C)(C)c2cccnc2)C(F)(F)F)[nH]c2ccccc12. The number of nitrogens with two attached hydrogens (primary N) is 1. The van der Waals surface area contributed by atoms with Crippen molar-refractivity contribution in [2.24, 2.45) is 5.73 Å². The molecule has 0 aliphatic rings. The largest absolute Gasteiger partial charge is 0.406 e. The van der Waals surface area contributed by atoms with Gasteiger partial charge in [-0.1, -0.05) is 38.1 Å². The van der Waals surface area contributed by atoms with Crippen molar-refractivity contribution in [1.82, 2.24) is 9.97 Å². The molecule has 2 aromatic heterocycles. The number of para-hydroxylation sites is 1. The molecule has 144 valence electrons. The highest BCUT2D eigenvalue weighted by Gasteiger charge is 2.54. The van der Waals surface area contributed by atoms with Crippen LogP contribution in [0.1, 0.15) is 37.1 Å². The van der Waals surface area contributed by atoms with Crippen molar-refractivity contribution in [2.75, 3.05) is 0 Å². The number of hydrogen-bond donors (Lipinski definition) is 2. The summed E-state index contributed by atoms with van der Waals surface area (Å²) in [6, 6.07) is 11.0. The van der Waals surface area contributed by atoms with Crippen LogP contribution in [0.15, 0.2) is 48.8 Å². The van der Waals surface area contributed by atoms with Gasteiger partial charge in [-0.15, -0.1) is 0 Å². The number of nitrogens with zero attached hydrogens (tertiary/aromatic N) is 1. The minimum Gasteiger partial charge on any atom is -0.358 e. The molecule has 0 spiro atoms. The Morgan fingerprint density at radius 3 is 2.37 bits per heavy atom. The average molecular weight is 375 g/mol. The van der Waals surface area contributed by atoms with Gasteiger partial charge in [-0.25, -0.2) is 0 Å². The van der Waals surface area contributed by atoms with Crippen LogP contribution in [0.3, 0.4) is 0 Å². The van der Waals surface area contributed by atoms with Crippen molar-refractivity contribution in [3.63, 3.8) is 0 Å². The van der Waals surface area contributed by atoms with Gasteiger partial charge in [-0.3, -0.25) is 4.98 Å². The topological polar surface area (TPSA) is 54.7 Å². The molecule has 0 aliphatic heterocycles. The van der Waals surface area contributed by atoms with Gasteiger partial charge in [0.25, 0.3) is 0 Å². The number of halogens is 3. The number of aryl methyl sites for hydroxylation is 1. The van der Waals surface area contributed by atoms with E-state index in [1.54, 1.807) is 38.4 Å². The Morgan fingerprint density at radius 2 is 1.78 bits per heavy atom.